The van der Waals surface area contributed by atoms with E-state index < -0.39 is 0 Å². The van der Waals surface area contributed by atoms with Crippen LogP contribution in [0.5, 0.6) is 0 Å². The van der Waals surface area contributed by atoms with Gasteiger partial charge in [-0.25, -0.2) is 0 Å². The Morgan fingerprint density at radius 1 is 1.18 bits per heavy atom. The smallest absolute Gasteiger partial charge is 0.0208 e. The van der Waals surface area contributed by atoms with E-state index in [4.69, 9.17) is 0 Å². The van der Waals surface area contributed by atoms with E-state index in [-0.39, 0.29) is 0 Å². The molecule has 0 radical (unpaired) electrons. The quantitative estimate of drug-likeness (QED) is 0.799. The Hall–Kier alpha value is -0.820. The summed E-state index contributed by atoms with van der Waals surface area (Å²) in [4.78, 5) is 0. The summed E-state index contributed by atoms with van der Waals surface area (Å²) in [5.41, 5.74) is 2.89. The van der Waals surface area contributed by atoms with E-state index >= 15 is 0 Å². The molecule has 0 heterocycles. The van der Waals surface area contributed by atoms with Gasteiger partial charge in [-0.2, -0.15) is 0 Å². The predicted molar refractivity (Wildman–Crippen MR) is 74.2 cm³/mol. The molecule has 1 aliphatic rings. The molecule has 1 nitrogen and oxygen atoms in total. The van der Waals surface area contributed by atoms with Crippen molar-refractivity contribution in [1.29, 1.82) is 0 Å². The third-order valence-corrected chi connectivity index (χ3v) is 4.11. The summed E-state index contributed by atoms with van der Waals surface area (Å²) in [5.74, 6) is 0.687. The largest absolute Gasteiger partial charge is 0.310 e. The van der Waals surface area contributed by atoms with E-state index in [1.54, 1.807) is 0 Å². The van der Waals surface area contributed by atoms with Crippen LogP contribution in [0.2, 0.25) is 0 Å². The standard InChI is InChI=1S/C16H25N/c1-3-13(2)15-10-8-14(9-11-15)12-17-16-6-4-5-7-16/h8-11,13,16-17H,3-7,12H2,1-2H3. The number of rotatable bonds is 5. The van der Waals surface area contributed by atoms with Gasteiger partial charge in [-0.05, 0) is 36.3 Å². The Bertz CT molecular complexity index is 322. The maximum absolute atomic E-state index is 3.66. The summed E-state index contributed by atoms with van der Waals surface area (Å²) in [6.45, 7) is 5.58. The Morgan fingerprint density at radius 3 is 2.41 bits per heavy atom. The van der Waals surface area contributed by atoms with Crippen LogP contribution in [0, 0.1) is 0 Å². The van der Waals surface area contributed by atoms with E-state index in [0.29, 0.717) is 5.92 Å². The fraction of sp³-hybridized carbons (Fsp3) is 0.625. The first-order valence-electron chi connectivity index (χ1n) is 7.12. The van der Waals surface area contributed by atoms with Gasteiger partial charge in [0.05, 0.1) is 0 Å². The zero-order valence-electron chi connectivity index (χ0n) is 11.2. The van der Waals surface area contributed by atoms with Crippen molar-refractivity contribution in [3.8, 4) is 0 Å². The molecule has 1 aromatic carbocycles. The SMILES string of the molecule is CCC(C)c1ccc(CNC2CCCC2)cc1. The summed E-state index contributed by atoms with van der Waals surface area (Å²) >= 11 is 0. The van der Waals surface area contributed by atoms with Gasteiger partial charge in [0.15, 0.2) is 0 Å². The highest BCUT2D eigenvalue weighted by molar-refractivity contribution is 5.24. The molecule has 1 unspecified atom stereocenters. The maximum Gasteiger partial charge on any atom is 0.0208 e. The second kappa shape index (κ2) is 6.20. The monoisotopic (exact) mass is 231 g/mol. The van der Waals surface area contributed by atoms with Crippen LogP contribution >= 0.6 is 0 Å². The average Bonchev–Trinajstić information content (AvgIpc) is 2.89. The zero-order chi connectivity index (χ0) is 12.1. The zero-order valence-corrected chi connectivity index (χ0v) is 11.2. The van der Waals surface area contributed by atoms with Gasteiger partial charge in [0, 0.05) is 12.6 Å². The van der Waals surface area contributed by atoms with Crippen molar-refractivity contribution in [2.24, 2.45) is 0 Å². The number of benzene rings is 1. The van der Waals surface area contributed by atoms with Gasteiger partial charge >= 0.3 is 0 Å². The summed E-state index contributed by atoms with van der Waals surface area (Å²) in [6.07, 6.45) is 6.77. The molecule has 94 valence electrons. The van der Waals surface area contributed by atoms with E-state index in [0.717, 1.165) is 12.6 Å². The minimum Gasteiger partial charge on any atom is -0.310 e. The molecule has 1 fully saturated rings. The second-order valence-corrected chi connectivity index (χ2v) is 5.41. The molecule has 0 aromatic heterocycles. The highest BCUT2D eigenvalue weighted by Crippen LogP contribution is 2.20. The normalized spacial score (nSPS) is 18.5. The van der Waals surface area contributed by atoms with Crippen LogP contribution in [-0.2, 0) is 6.54 Å². The minimum atomic E-state index is 0.687. The van der Waals surface area contributed by atoms with Gasteiger partial charge in [0.2, 0.25) is 0 Å². The Balaban J connectivity index is 1.84. The first-order valence-corrected chi connectivity index (χ1v) is 7.12. The lowest BCUT2D eigenvalue weighted by Crippen LogP contribution is -2.25. The third kappa shape index (κ3) is 3.57. The van der Waals surface area contributed by atoms with Crippen molar-refractivity contribution in [3.05, 3.63) is 35.4 Å². The average molecular weight is 231 g/mol. The molecule has 1 N–H and O–H groups in total. The van der Waals surface area contributed by atoms with Crippen molar-refractivity contribution in [3.63, 3.8) is 0 Å². The maximum atomic E-state index is 3.66. The van der Waals surface area contributed by atoms with E-state index in [9.17, 15) is 0 Å². The number of nitrogens with one attached hydrogen (secondary N) is 1. The highest BCUT2D eigenvalue weighted by atomic mass is 14.9. The molecule has 0 saturated heterocycles. The van der Waals surface area contributed by atoms with Crippen LogP contribution in [0.25, 0.3) is 0 Å². The molecule has 1 heteroatoms. The van der Waals surface area contributed by atoms with E-state index in [2.05, 4.69) is 43.4 Å². The van der Waals surface area contributed by atoms with Crippen LogP contribution in [0.1, 0.15) is 63.0 Å². The summed E-state index contributed by atoms with van der Waals surface area (Å²) in [6, 6.07) is 9.91. The molecule has 17 heavy (non-hydrogen) atoms. The molecule has 2 rings (SSSR count). The first-order chi connectivity index (χ1) is 8.29. The van der Waals surface area contributed by atoms with Crippen molar-refractivity contribution in [2.75, 3.05) is 0 Å². The fourth-order valence-electron chi connectivity index (χ4n) is 2.59. The van der Waals surface area contributed by atoms with Crippen LogP contribution in [-0.4, -0.2) is 6.04 Å². The van der Waals surface area contributed by atoms with Crippen LogP contribution < -0.4 is 5.32 Å². The Kier molecular flexibility index (Phi) is 4.61. The highest BCUT2D eigenvalue weighted by Gasteiger charge is 2.13. The topological polar surface area (TPSA) is 12.0 Å². The van der Waals surface area contributed by atoms with Crippen molar-refractivity contribution >= 4 is 0 Å². The third-order valence-electron chi connectivity index (χ3n) is 4.11. The van der Waals surface area contributed by atoms with Gasteiger partial charge in [-0.15, -0.1) is 0 Å². The second-order valence-electron chi connectivity index (χ2n) is 5.41. The predicted octanol–water partition coefficient (Wildman–Crippen LogP) is 4.23. The lowest BCUT2D eigenvalue weighted by molar-refractivity contribution is 0.524. The number of hydrogen-bond donors (Lipinski definition) is 1. The lowest BCUT2D eigenvalue weighted by Gasteiger charge is -2.13. The van der Waals surface area contributed by atoms with Crippen LogP contribution in [0.3, 0.4) is 0 Å². The molecule has 0 aliphatic heterocycles. The Labute approximate surface area is 106 Å². The van der Waals surface area contributed by atoms with Crippen LogP contribution in [0.4, 0.5) is 0 Å². The minimum absolute atomic E-state index is 0.687. The van der Waals surface area contributed by atoms with Crippen molar-refractivity contribution in [2.45, 2.75) is 64.5 Å². The molecule has 1 aromatic rings. The van der Waals surface area contributed by atoms with Gasteiger partial charge in [-0.1, -0.05) is 51.0 Å². The Morgan fingerprint density at radius 2 is 1.82 bits per heavy atom. The molecule has 1 aliphatic carbocycles. The molecular weight excluding hydrogens is 206 g/mol. The van der Waals surface area contributed by atoms with E-state index in [1.165, 1.54) is 43.2 Å². The number of hydrogen-bond acceptors (Lipinski definition) is 1. The fourth-order valence-corrected chi connectivity index (χ4v) is 2.59. The van der Waals surface area contributed by atoms with Gasteiger partial charge in [0.25, 0.3) is 0 Å². The summed E-state index contributed by atoms with van der Waals surface area (Å²) in [7, 11) is 0. The van der Waals surface area contributed by atoms with E-state index in [1.807, 2.05) is 0 Å². The molecule has 1 saturated carbocycles. The first kappa shape index (κ1) is 12.6. The summed E-state index contributed by atoms with van der Waals surface area (Å²) in [5, 5.41) is 3.66. The van der Waals surface area contributed by atoms with Crippen molar-refractivity contribution in [1.82, 2.24) is 5.32 Å². The molecule has 0 spiro atoms. The molecular formula is C16H25N. The van der Waals surface area contributed by atoms with Gasteiger partial charge in [-0.3, -0.25) is 0 Å². The molecule has 1 atom stereocenters. The van der Waals surface area contributed by atoms with Gasteiger partial charge in [0.1, 0.15) is 0 Å². The van der Waals surface area contributed by atoms with Crippen LogP contribution in [0.15, 0.2) is 24.3 Å². The lowest BCUT2D eigenvalue weighted by atomic mass is 9.97. The summed E-state index contributed by atoms with van der Waals surface area (Å²) < 4.78 is 0. The van der Waals surface area contributed by atoms with Gasteiger partial charge < -0.3 is 5.32 Å². The van der Waals surface area contributed by atoms with Crippen molar-refractivity contribution < 1.29 is 0 Å². The molecule has 0 amide bonds. The molecule has 0 bridgehead atoms.